The van der Waals surface area contributed by atoms with Gasteiger partial charge in [0.15, 0.2) is 5.82 Å². The Bertz CT molecular complexity index is 1240. The van der Waals surface area contributed by atoms with Crippen molar-refractivity contribution in [1.82, 2.24) is 10.2 Å². The van der Waals surface area contributed by atoms with Crippen molar-refractivity contribution >= 4 is 39.9 Å². The van der Waals surface area contributed by atoms with Gasteiger partial charge in [0.2, 0.25) is 6.41 Å². The summed E-state index contributed by atoms with van der Waals surface area (Å²) in [7, 11) is 0. The van der Waals surface area contributed by atoms with Crippen LogP contribution < -0.4 is 10.6 Å². The molecule has 7 nitrogen and oxygen atoms in total. The van der Waals surface area contributed by atoms with Gasteiger partial charge in [-0.2, -0.15) is 0 Å². The van der Waals surface area contributed by atoms with E-state index in [-0.39, 0.29) is 11.3 Å². The summed E-state index contributed by atoms with van der Waals surface area (Å²) >= 11 is -2.10. The molecule has 1 atom stereocenters. The molecule has 4 aliphatic carbocycles. The largest absolute Gasteiger partial charge is 0.772 e. The van der Waals surface area contributed by atoms with Crippen LogP contribution in [-0.2, 0) is 21.6 Å². The lowest BCUT2D eigenvalue weighted by Crippen LogP contribution is -2.54. The lowest BCUT2D eigenvalue weighted by Gasteiger charge is -2.57. The van der Waals surface area contributed by atoms with Crippen molar-refractivity contribution in [1.29, 1.82) is 0 Å². The molecule has 0 aliphatic heterocycles. The maximum absolute atomic E-state index is 11.3. The lowest BCUT2D eigenvalue weighted by atomic mass is 9.53. The number of nitrogens with one attached hydrogen (secondary N) is 2. The summed E-state index contributed by atoms with van der Waals surface area (Å²) in [5.74, 6) is 2.89. The van der Waals surface area contributed by atoms with E-state index in [9.17, 15) is 13.6 Å². The molecule has 176 valence electrons. The topological polar surface area (TPSA) is 107 Å². The van der Waals surface area contributed by atoms with Gasteiger partial charge in [0.1, 0.15) is 0 Å². The normalized spacial score (nSPS) is 28.1. The zero-order valence-corrected chi connectivity index (χ0v) is 19.6. The van der Waals surface area contributed by atoms with E-state index in [4.69, 9.17) is 0 Å². The van der Waals surface area contributed by atoms with Crippen LogP contribution >= 0.6 is 0 Å². The molecule has 4 aliphatic rings. The Morgan fingerprint density at radius 2 is 1.62 bits per heavy atom. The smallest absolute Gasteiger partial charge is 0.212 e. The molecule has 4 fully saturated rings. The van der Waals surface area contributed by atoms with Crippen LogP contribution in [0.2, 0.25) is 0 Å². The third kappa shape index (κ3) is 3.99. The first-order chi connectivity index (χ1) is 16.5. The monoisotopic (exact) mass is 475 g/mol. The molecule has 2 N–H and O–H groups in total. The van der Waals surface area contributed by atoms with Crippen LogP contribution in [0.15, 0.2) is 42.5 Å². The number of anilines is 2. The van der Waals surface area contributed by atoms with E-state index in [2.05, 4.69) is 20.8 Å². The Morgan fingerprint density at radius 1 is 0.971 bits per heavy atom. The molecule has 1 amide bonds. The molecule has 1 aromatic heterocycles. The number of hydrogen-bond donors (Lipinski definition) is 2. The SMILES string of the molecule is O=CNc1nnc2cc(-c3ccc(CS(=O)[O-])cc3)ccc2c1NC12CC3CC(CC(C3)C1)C2. The molecule has 7 rings (SSSR count). The zero-order chi connectivity index (χ0) is 23.3. The minimum absolute atomic E-state index is 0.00926. The second-order valence-corrected chi connectivity index (χ2v) is 11.3. The van der Waals surface area contributed by atoms with Gasteiger partial charge >= 0.3 is 0 Å². The Hall–Kier alpha value is -2.84. The van der Waals surface area contributed by atoms with Gasteiger partial charge in [0.25, 0.3) is 0 Å². The molecule has 3 aromatic rings. The van der Waals surface area contributed by atoms with E-state index >= 15 is 0 Å². The molecule has 1 heterocycles. The first-order valence-electron chi connectivity index (χ1n) is 11.9. The predicted molar refractivity (Wildman–Crippen MR) is 132 cm³/mol. The van der Waals surface area contributed by atoms with Crippen LogP contribution in [-0.4, -0.2) is 30.9 Å². The molecule has 0 spiro atoms. The Labute approximate surface area is 201 Å². The summed E-state index contributed by atoms with van der Waals surface area (Å²) in [6.45, 7) is 0. The van der Waals surface area contributed by atoms with Crippen LogP contribution in [0, 0.1) is 17.8 Å². The molecule has 1 unspecified atom stereocenters. The van der Waals surface area contributed by atoms with Crippen molar-refractivity contribution in [2.24, 2.45) is 17.8 Å². The number of rotatable bonds is 7. The van der Waals surface area contributed by atoms with E-state index in [1.807, 2.05) is 42.5 Å². The van der Waals surface area contributed by atoms with Crippen molar-refractivity contribution in [2.45, 2.75) is 49.8 Å². The Kier molecular flexibility index (Phi) is 5.37. The summed E-state index contributed by atoms with van der Waals surface area (Å²) in [5, 5.41) is 16.3. The molecule has 0 saturated heterocycles. The molecular formula is C26H27N4O3S-. The van der Waals surface area contributed by atoms with Crippen LogP contribution in [0.4, 0.5) is 11.5 Å². The van der Waals surface area contributed by atoms with E-state index in [0.717, 1.165) is 51.0 Å². The molecule has 4 saturated carbocycles. The summed E-state index contributed by atoms with van der Waals surface area (Å²) in [6, 6.07) is 13.6. The quantitative estimate of drug-likeness (QED) is 0.381. The minimum atomic E-state index is -2.10. The molecular weight excluding hydrogens is 448 g/mol. The highest BCUT2D eigenvalue weighted by Gasteiger charge is 2.51. The number of hydrogen-bond acceptors (Lipinski definition) is 6. The Morgan fingerprint density at radius 3 is 2.24 bits per heavy atom. The first kappa shape index (κ1) is 21.7. The summed E-state index contributed by atoms with van der Waals surface area (Å²) in [5.41, 5.74) is 4.40. The van der Waals surface area contributed by atoms with E-state index < -0.39 is 11.1 Å². The molecule has 4 bridgehead atoms. The average Bonchev–Trinajstić information content (AvgIpc) is 2.79. The molecule has 2 aromatic carbocycles. The average molecular weight is 476 g/mol. The fourth-order valence-corrected chi connectivity index (χ4v) is 7.49. The summed E-state index contributed by atoms with van der Waals surface area (Å²) < 4.78 is 21.9. The third-order valence-electron chi connectivity index (χ3n) is 7.96. The minimum Gasteiger partial charge on any atom is -0.772 e. The van der Waals surface area contributed by atoms with Crippen LogP contribution in [0.5, 0.6) is 0 Å². The maximum atomic E-state index is 11.3. The van der Waals surface area contributed by atoms with Crippen molar-refractivity contribution in [2.75, 3.05) is 10.6 Å². The first-order valence-corrected chi connectivity index (χ1v) is 13.2. The van der Waals surface area contributed by atoms with E-state index in [1.54, 1.807) is 0 Å². The third-order valence-corrected chi connectivity index (χ3v) is 8.53. The van der Waals surface area contributed by atoms with Gasteiger partial charge in [-0.3, -0.25) is 9.00 Å². The van der Waals surface area contributed by atoms with Gasteiger partial charge in [0.05, 0.1) is 11.2 Å². The number of nitrogens with zero attached hydrogens (tertiary/aromatic N) is 2. The van der Waals surface area contributed by atoms with Gasteiger partial charge in [0, 0.05) is 16.7 Å². The van der Waals surface area contributed by atoms with Gasteiger partial charge in [-0.25, -0.2) is 0 Å². The fourth-order valence-electron chi connectivity index (χ4n) is 7.03. The van der Waals surface area contributed by atoms with E-state index in [0.29, 0.717) is 12.2 Å². The van der Waals surface area contributed by atoms with Crippen molar-refractivity contribution in [3.05, 3.63) is 48.0 Å². The standard InChI is InChI=1S/C26H28N4O3S/c31-15-27-25-24(28-26-11-17-7-18(12-26)9-19(8-17)13-26)22-6-5-21(10-23(22)29-30-25)20-3-1-16(2-4-20)14-34(32)33/h1-6,10,15,17-19H,7-9,11-14H2,(H,28,29)(H,32,33)(H,27,30,31)/p-1. The number of fused-ring (bicyclic) bond motifs is 1. The van der Waals surface area contributed by atoms with Crippen LogP contribution in [0.1, 0.15) is 44.1 Å². The van der Waals surface area contributed by atoms with Crippen molar-refractivity contribution in [3.8, 4) is 11.1 Å². The zero-order valence-electron chi connectivity index (χ0n) is 18.8. The number of amides is 1. The highest BCUT2D eigenvalue weighted by molar-refractivity contribution is 7.78. The summed E-state index contributed by atoms with van der Waals surface area (Å²) in [6.07, 6.45) is 8.30. The lowest BCUT2D eigenvalue weighted by molar-refractivity contribution is -0.105. The van der Waals surface area contributed by atoms with Crippen molar-refractivity contribution in [3.63, 3.8) is 0 Å². The number of aromatic nitrogens is 2. The molecule has 34 heavy (non-hydrogen) atoms. The second-order valence-electron chi connectivity index (χ2n) is 10.4. The number of carbonyl (C=O) groups excluding carboxylic acids is 1. The molecule has 0 radical (unpaired) electrons. The predicted octanol–water partition coefficient (Wildman–Crippen LogP) is 4.62. The Balaban J connectivity index is 1.36. The fraction of sp³-hybridized carbons (Fsp3) is 0.423. The maximum Gasteiger partial charge on any atom is 0.212 e. The highest BCUT2D eigenvalue weighted by atomic mass is 32.2. The second kappa shape index (κ2) is 8.43. The van der Waals surface area contributed by atoms with Gasteiger partial charge in [-0.1, -0.05) is 41.4 Å². The van der Waals surface area contributed by atoms with E-state index in [1.165, 1.54) is 38.5 Å². The van der Waals surface area contributed by atoms with Crippen LogP contribution in [0.25, 0.3) is 22.0 Å². The van der Waals surface area contributed by atoms with Crippen molar-refractivity contribution < 1.29 is 13.6 Å². The van der Waals surface area contributed by atoms with Gasteiger partial charge < -0.3 is 15.2 Å². The number of carbonyl (C=O) groups is 1. The van der Waals surface area contributed by atoms with Gasteiger partial charge in [-0.05, 0) is 85.1 Å². The van der Waals surface area contributed by atoms with Crippen LogP contribution in [0.3, 0.4) is 0 Å². The molecule has 8 heteroatoms. The highest BCUT2D eigenvalue weighted by Crippen LogP contribution is 2.57. The van der Waals surface area contributed by atoms with Gasteiger partial charge in [-0.15, -0.1) is 10.2 Å². The number of benzene rings is 2. The summed E-state index contributed by atoms with van der Waals surface area (Å²) in [4.78, 5) is 11.3.